The Balaban J connectivity index is 3.10. The number of hydrogen-bond donors (Lipinski definition) is 1. The molecule has 1 aromatic rings. The van der Waals surface area contributed by atoms with E-state index in [1.807, 2.05) is 6.07 Å². The van der Waals surface area contributed by atoms with Crippen molar-refractivity contribution in [3.05, 3.63) is 29.3 Å². The first kappa shape index (κ1) is 14.1. The molecule has 0 aliphatic rings. The van der Waals surface area contributed by atoms with Crippen molar-refractivity contribution >= 4 is 0 Å². The summed E-state index contributed by atoms with van der Waals surface area (Å²) in [6, 6.07) is 6.11. The Morgan fingerprint density at radius 3 is 2.41 bits per heavy atom. The minimum Gasteiger partial charge on any atom is -0.508 e. The third kappa shape index (κ3) is 3.24. The lowest BCUT2D eigenvalue weighted by atomic mass is 9.80. The van der Waals surface area contributed by atoms with E-state index < -0.39 is 0 Å². The molecule has 17 heavy (non-hydrogen) atoms. The van der Waals surface area contributed by atoms with E-state index in [1.54, 1.807) is 0 Å². The average molecular weight is 234 g/mol. The quantitative estimate of drug-likeness (QED) is 0.761. The predicted molar refractivity (Wildman–Crippen MR) is 74.7 cm³/mol. The molecule has 1 atom stereocenters. The number of benzene rings is 1. The molecule has 1 aromatic carbocycles. The molecule has 0 saturated heterocycles. The van der Waals surface area contributed by atoms with Crippen molar-refractivity contribution in [3.8, 4) is 5.75 Å². The van der Waals surface area contributed by atoms with Crippen molar-refractivity contribution in [2.75, 3.05) is 0 Å². The third-order valence-electron chi connectivity index (χ3n) is 3.95. The zero-order valence-corrected chi connectivity index (χ0v) is 11.9. The van der Waals surface area contributed by atoms with Crippen molar-refractivity contribution in [1.82, 2.24) is 0 Å². The summed E-state index contributed by atoms with van der Waals surface area (Å²) in [4.78, 5) is 0. The van der Waals surface area contributed by atoms with Gasteiger partial charge < -0.3 is 5.11 Å². The van der Waals surface area contributed by atoms with Gasteiger partial charge in [-0.1, -0.05) is 53.2 Å². The van der Waals surface area contributed by atoms with E-state index in [0.29, 0.717) is 11.7 Å². The zero-order valence-electron chi connectivity index (χ0n) is 11.9. The van der Waals surface area contributed by atoms with Gasteiger partial charge >= 0.3 is 0 Å². The second-order valence-corrected chi connectivity index (χ2v) is 5.70. The van der Waals surface area contributed by atoms with Crippen LogP contribution in [0.1, 0.15) is 70.9 Å². The molecule has 0 aliphatic carbocycles. The average Bonchev–Trinajstić information content (AvgIpc) is 2.29. The van der Waals surface area contributed by atoms with Crippen molar-refractivity contribution in [1.29, 1.82) is 0 Å². The van der Waals surface area contributed by atoms with Crippen LogP contribution in [0.5, 0.6) is 5.75 Å². The minimum atomic E-state index is 0.189. The summed E-state index contributed by atoms with van der Waals surface area (Å²) in [7, 11) is 0. The largest absolute Gasteiger partial charge is 0.508 e. The molecule has 0 heterocycles. The standard InChI is InChI=1S/C16H26O/c1-6-8-12(3)14-11-13(9-10-15(14)17)16(4,5)7-2/h9-12,17H,6-8H2,1-5H3. The third-order valence-corrected chi connectivity index (χ3v) is 3.95. The Hall–Kier alpha value is -0.980. The molecule has 1 rings (SSSR count). The van der Waals surface area contributed by atoms with Gasteiger partial charge in [0.25, 0.3) is 0 Å². The van der Waals surface area contributed by atoms with Crippen molar-refractivity contribution in [2.45, 2.75) is 65.2 Å². The van der Waals surface area contributed by atoms with Crippen LogP contribution in [0.3, 0.4) is 0 Å². The first-order valence-corrected chi connectivity index (χ1v) is 6.75. The molecule has 1 nitrogen and oxygen atoms in total. The Morgan fingerprint density at radius 2 is 1.88 bits per heavy atom. The summed E-state index contributed by atoms with van der Waals surface area (Å²) in [5, 5.41) is 9.97. The fourth-order valence-electron chi connectivity index (χ4n) is 2.16. The summed E-state index contributed by atoms with van der Waals surface area (Å²) >= 11 is 0. The van der Waals surface area contributed by atoms with Crippen molar-refractivity contribution < 1.29 is 5.11 Å². The molecule has 0 aromatic heterocycles. The summed E-state index contributed by atoms with van der Waals surface area (Å²) in [6.45, 7) is 11.1. The van der Waals surface area contributed by atoms with E-state index in [2.05, 4.69) is 46.8 Å². The maximum absolute atomic E-state index is 9.97. The number of phenolic OH excluding ortho intramolecular Hbond substituents is 1. The van der Waals surface area contributed by atoms with Crippen molar-refractivity contribution in [3.63, 3.8) is 0 Å². The van der Waals surface area contributed by atoms with E-state index in [9.17, 15) is 5.11 Å². The van der Waals surface area contributed by atoms with E-state index in [1.165, 1.54) is 5.56 Å². The molecule has 1 N–H and O–H groups in total. The van der Waals surface area contributed by atoms with Gasteiger partial charge in [-0.15, -0.1) is 0 Å². The summed E-state index contributed by atoms with van der Waals surface area (Å²) in [5.74, 6) is 0.884. The van der Waals surface area contributed by atoms with Crippen LogP contribution in [0.2, 0.25) is 0 Å². The van der Waals surface area contributed by atoms with Gasteiger partial charge in [-0.3, -0.25) is 0 Å². The van der Waals surface area contributed by atoms with E-state index >= 15 is 0 Å². The topological polar surface area (TPSA) is 20.2 Å². The van der Waals surface area contributed by atoms with Gasteiger partial charge in [0.05, 0.1) is 0 Å². The Bertz CT molecular complexity index is 366. The highest BCUT2D eigenvalue weighted by Gasteiger charge is 2.20. The van der Waals surface area contributed by atoms with E-state index in [4.69, 9.17) is 0 Å². The molecule has 1 heteroatoms. The molecule has 0 amide bonds. The van der Waals surface area contributed by atoms with Crippen LogP contribution in [0.4, 0.5) is 0 Å². The fraction of sp³-hybridized carbons (Fsp3) is 0.625. The van der Waals surface area contributed by atoms with Crippen LogP contribution in [-0.4, -0.2) is 5.11 Å². The minimum absolute atomic E-state index is 0.189. The molecule has 0 radical (unpaired) electrons. The summed E-state index contributed by atoms with van der Waals surface area (Å²) < 4.78 is 0. The molecule has 1 unspecified atom stereocenters. The molecular weight excluding hydrogens is 208 g/mol. The maximum Gasteiger partial charge on any atom is 0.119 e. The molecule has 0 bridgehead atoms. The highest BCUT2D eigenvalue weighted by atomic mass is 16.3. The van der Waals surface area contributed by atoms with Gasteiger partial charge in [0.1, 0.15) is 5.75 Å². The Morgan fingerprint density at radius 1 is 1.24 bits per heavy atom. The van der Waals surface area contributed by atoms with Gasteiger partial charge in [0.2, 0.25) is 0 Å². The second-order valence-electron chi connectivity index (χ2n) is 5.70. The van der Waals surface area contributed by atoms with Crippen LogP contribution >= 0.6 is 0 Å². The van der Waals surface area contributed by atoms with Crippen LogP contribution in [-0.2, 0) is 5.41 Å². The SMILES string of the molecule is CCCC(C)c1cc(C(C)(C)CC)ccc1O. The monoisotopic (exact) mass is 234 g/mol. The number of rotatable bonds is 5. The predicted octanol–water partition coefficient (Wildman–Crippen LogP) is 4.98. The number of aromatic hydroxyl groups is 1. The first-order valence-electron chi connectivity index (χ1n) is 6.75. The highest BCUT2D eigenvalue weighted by molar-refractivity contribution is 5.40. The van der Waals surface area contributed by atoms with Crippen molar-refractivity contribution in [2.24, 2.45) is 0 Å². The van der Waals surface area contributed by atoms with Crippen LogP contribution in [0.25, 0.3) is 0 Å². The molecular formula is C16H26O. The van der Waals surface area contributed by atoms with Gasteiger partial charge in [-0.05, 0) is 41.4 Å². The Labute approximate surface area is 106 Å². The lowest BCUT2D eigenvalue weighted by molar-refractivity contribution is 0.455. The lowest BCUT2D eigenvalue weighted by Crippen LogP contribution is -2.15. The molecule has 0 spiro atoms. The fourth-order valence-corrected chi connectivity index (χ4v) is 2.16. The Kier molecular flexibility index (Phi) is 4.62. The summed E-state index contributed by atoms with van der Waals surface area (Å²) in [5.41, 5.74) is 2.62. The maximum atomic E-state index is 9.97. The van der Waals surface area contributed by atoms with Crippen LogP contribution < -0.4 is 0 Å². The number of hydrogen-bond acceptors (Lipinski definition) is 1. The lowest BCUT2D eigenvalue weighted by Gasteiger charge is -2.25. The van der Waals surface area contributed by atoms with Gasteiger partial charge in [-0.25, -0.2) is 0 Å². The molecule has 0 aliphatic heterocycles. The van der Waals surface area contributed by atoms with E-state index in [0.717, 1.165) is 24.8 Å². The van der Waals surface area contributed by atoms with Gasteiger partial charge in [0, 0.05) is 0 Å². The van der Waals surface area contributed by atoms with Gasteiger partial charge in [0.15, 0.2) is 0 Å². The van der Waals surface area contributed by atoms with Gasteiger partial charge in [-0.2, -0.15) is 0 Å². The van der Waals surface area contributed by atoms with Crippen LogP contribution in [0, 0.1) is 0 Å². The smallest absolute Gasteiger partial charge is 0.119 e. The zero-order chi connectivity index (χ0) is 13.1. The second kappa shape index (κ2) is 5.57. The first-order chi connectivity index (χ1) is 7.92. The number of phenols is 1. The summed E-state index contributed by atoms with van der Waals surface area (Å²) in [6.07, 6.45) is 3.39. The highest BCUT2D eigenvalue weighted by Crippen LogP contribution is 2.34. The molecule has 0 fully saturated rings. The van der Waals surface area contributed by atoms with E-state index in [-0.39, 0.29) is 5.41 Å². The van der Waals surface area contributed by atoms with Crippen LogP contribution in [0.15, 0.2) is 18.2 Å². The molecule has 0 saturated carbocycles. The molecule has 96 valence electrons. The normalized spacial score (nSPS) is 13.7.